The summed E-state index contributed by atoms with van der Waals surface area (Å²) in [6.07, 6.45) is 7.26. The standard InChI is InChI=1S/C22H23N7O/c1-3-29-14-19-22(28-29)27-20(13-24-19)25-15(2)17-7-4-8-18(11-17)26-21(30)10-16-6-5-9-23-12-16/h4-9,11-15H,3,10H2,1-2H3,(H,26,30)(H,25,27,28)/t15-/m0/s1. The second kappa shape index (κ2) is 8.69. The van der Waals surface area contributed by atoms with Crippen molar-refractivity contribution in [2.24, 2.45) is 0 Å². The molecule has 1 amide bonds. The summed E-state index contributed by atoms with van der Waals surface area (Å²) >= 11 is 0. The van der Waals surface area contributed by atoms with Crippen LogP contribution < -0.4 is 10.6 Å². The number of benzene rings is 1. The number of pyridine rings is 1. The Morgan fingerprint density at radius 1 is 1.20 bits per heavy atom. The normalized spacial score (nSPS) is 11.9. The molecule has 0 saturated carbocycles. The third-order valence-corrected chi connectivity index (χ3v) is 4.72. The molecule has 2 N–H and O–H groups in total. The molecule has 4 aromatic rings. The third kappa shape index (κ3) is 4.60. The molecule has 0 bridgehead atoms. The van der Waals surface area contributed by atoms with E-state index in [9.17, 15) is 4.79 Å². The Labute approximate surface area is 174 Å². The van der Waals surface area contributed by atoms with Gasteiger partial charge in [-0.15, -0.1) is 0 Å². The van der Waals surface area contributed by atoms with Crippen LogP contribution in [0.2, 0.25) is 0 Å². The number of fused-ring (bicyclic) bond motifs is 1. The molecule has 3 aromatic heterocycles. The van der Waals surface area contributed by atoms with Gasteiger partial charge in [0.15, 0.2) is 0 Å². The molecule has 8 heteroatoms. The minimum Gasteiger partial charge on any atom is -0.362 e. The topological polar surface area (TPSA) is 97.6 Å². The van der Waals surface area contributed by atoms with Crippen LogP contribution in [-0.4, -0.2) is 30.6 Å². The molecule has 30 heavy (non-hydrogen) atoms. The van der Waals surface area contributed by atoms with Crippen LogP contribution >= 0.6 is 0 Å². The van der Waals surface area contributed by atoms with Crippen LogP contribution in [-0.2, 0) is 17.8 Å². The average Bonchev–Trinajstić information content (AvgIpc) is 3.17. The maximum Gasteiger partial charge on any atom is 0.228 e. The molecule has 1 atom stereocenters. The molecule has 0 aliphatic rings. The molecule has 1 aromatic carbocycles. The minimum absolute atomic E-state index is 0.0276. The fraction of sp³-hybridized carbons (Fsp3) is 0.227. The molecule has 0 aliphatic heterocycles. The fourth-order valence-corrected chi connectivity index (χ4v) is 3.16. The summed E-state index contributed by atoms with van der Waals surface area (Å²) in [5.74, 6) is 0.575. The summed E-state index contributed by atoms with van der Waals surface area (Å²) in [6.45, 7) is 4.83. The van der Waals surface area contributed by atoms with Gasteiger partial charge in [0.05, 0.1) is 24.9 Å². The summed E-state index contributed by atoms with van der Waals surface area (Å²) in [7, 11) is 0. The Kier molecular flexibility index (Phi) is 5.65. The van der Waals surface area contributed by atoms with Gasteiger partial charge in [0.2, 0.25) is 11.6 Å². The van der Waals surface area contributed by atoms with Gasteiger partial charge in [0.1, 0.15) is 11.3 Å². The van der Waals surface area contributed by atoms with E-state index in [1.165, 1.54) is 0 Å². The Hall–Kier alpha value is -3.81. The van der Waals surface area contributed by atoms with Gasteiger partial charge < -0.3 is 10.6 Å². The SMILES string of the molecule is CCn1cc2ncc(N[C@@H](C)c3cccc(NC(=O)Cc4cccnc4)c3)nc2n1. The fourth-order valence-electron chi connectivity index (χ4n) is 3.16. The number of amides is 1. The third-order valence-electron chi connectivity index (χ3n) is 4.72. The highest BCUT2D eigenvalue weighted by Gasteiger charge is 2.11. The van der Waals surface area contributed by atoms with Crippen molar-refractivity contribution in [3.05, 3.63) is 72.3 Å². The number of carbonyl (C=O) groups is 1. The van der Waals surface area contributed by atoms with Crippen LogP contribution in [0.15, 0.2) is 61.2 Å². The van der Waals surface area contributed by atoms with Gasteiger partial charge in [-0.3, -0.25) is 14.5 Å². The van der Waals surface area contributed by atoms with E-state index in [0.29, 0.717) is 11.5 Å². The first kappa shape index (κ1) is 19.5. The smallest absolute Gasteiger partial charge is 0.228 e. The first-order chi connectivity index (χ1) is 14.6. The summed E-state index contributed by atoms with van der Waals surface area (Å²) in [4.78, 5) is 25.3. The van der Waals surface area contributed by atoms with Crippen molar-refractivity contribution in [3.8, 4) is 0 Å². The van der Waals surface area contributed by atoms with E-state index < -0.39 is 0 Å². The number of hydrogen-bond acceptors (Lipinski definition) is 6. The monoisotopic (exact) mass is 401 g/mol. The molecule has 0 spiro atoms. The molecule has 0 fully saturated rings. The lowest BCUT2D eigenvalue weighted by Crippen LogP contribution is -2.15. The quantitative estimate of drug-likeness (QED) is 0.491. The molecule has 0 unspecified atom stereocenters. The van der Waals surface area contributed by atoms with Gasteiger partial charge in [-0.05, 0) is 43.2 Å². The Morgan fingerprint density at radius 3 is 2.90 bits per heavy atom. The van der Waals surface area contributed by atoms with E-state index in [1.54, 1.807) is 18.6 Å². The Morgan fingerprint density at radius 2 is 2.10 bits per heavy atom. The molecule has 152 valence electrons. The van der Waals surface area contributed by atoms with Crippen molar-refractivity contribution in [3.63, 3.8) is 0 Å². The van der Waals surface area contributed by atoms with Gasteiger partial charge in [-0.25, -0.2) is 9.97 Å². The van der Waals surface area contributed by atoms with Crippen LogP contribution in [0, 0.1) is 0 Å². The highest BCUT2D eigenvalue weighted by molar-refractivity contribution is 5.92. The number of nitrogens with one attached hydrogen (secondary N) is 2. The van der Waals surface area contributed by atoms with E-state index >= 15 is 0 Å². The first-order valence-corrected chi connectivity index (χ1v) is 9.86. The van der Waals surface area contributed by atoms with Crippen LogP contribution in [0.5, 0.6) is 0 Å². The molecule has 0 saturated heterocycles. The predicted octanol–water partition coefficient (Wildman–Crippen LogP) is 3.60. The molecule has 0 radical (unpaired) electrons. The molecule has 8 nitrogen and oxygen atoms in total. The predicted molar refractivity (Wildman–Crippen MR) is 116 cm³/mol. The lowest BCUT2D eigenvalue weighted by atomic mass is 10.1. The summed E-state index contributed by atoms with van der Waals surface area (Å²) < 4.78 is 1.82. The number of aromatic nitrogens is 5. The average molecular weight is 401 g/mol. The number of carbonyl (C=O) groups excluding carboxylic acids is 1. The minimum atomic E-state index is -0.0800. The van der Waals surface area contributed by atoms with Crippen molar-refractivity contribution in [2.75, 3.05) is 10.6 Å². The maximum absolute atomic E-state index is 12.3. The zero-order valence-corrected chi connectivity index (χ0v) is 16.9. The van der Waals surface area contributed by atoms with E-state index in [0.717, 1.165) is 28.9 Å². The van der Waals surface area contributed by atoms with E-state index in [4.69, 9.17) is 0 Å². The number of aryl methyl sites for hydroxylation is 1. The van der Waals surface area contributed by atoms with Crippen LogP contribution in [0.3, 0.4) is 0 Å². The summed E-state index contributed by atoms with van der Waals surface area (Å²) in [5, 5.41) is 10.7. The van der Waals surface area contributed by atoms with Gasteiger partial charge >= 0.3 is 0 Å². The van der Waals surface area contributed by atoms with Crippen LogP contribution in [0.4, 0.5) is 11.5 Å². The lowest BCUT2D eigenvalue weighted by Gasteiger charge is -2.16. The van der Waals surface area contributed by atoms with Crippen molar-refractivity contribution in [2.45, 2.75) is 32.9 Å². The zero-order chi connectivity index (χ0) is 20.9. The molecular formula is C22H23N7O. The number of anilines is 2. The lowest BCUT2D eigenvalue weighted by molar-refractivity contribution is -0.115. The summed E-state index contributed by atoms with van der Waals surface area (Å²) in [5.41, 5.74) is 4.04. The largest absolute Gasteiger partial charge is 0.362 e. The van der Waals surface area contributed by atoms with Crippen molar-refractivity contribution in [1.82, 2.24) is 24.7 Å². The first-order valence-electron chi connectivity index (χ1n) is 9.86. The second-order valence-corrected chi connectivity index (χ2v) is 7.03. The zero-order valence-electron chi connectivity index (χ0n) is 16.9. The molecular weight excluding hydrogens is 378 g/mol. The summed E-state index contributed by atoms with van der Waals surface area (Å²) in [6, 6.07) is 11.4. The van der Waals surface area contributed by atoms with Crippen molar-refractivity contribution >= 4 is 28.6 Å². The van der Waals surface area contributed by atoms with Crippen LogP contribution in [0.25, 0.3) is 11.2 Å². The molecule has 4 rings (SSSR count). The van der Waals surface area contributed by atoms with E-state index in [2.05, 4.69) is 30.7 Å². The van der Waals surface area contributed by atoms with Crippen molar-refractivity contribution < 1.29 is 4.79 Å². The number of nitrogens with zero attached hydrogens (tertiary/aromatic N) is 5. The van der Waals surface area contributed by atoms with Gasteiger partial charge in [0.25, 0.3) is 0 Å². The highest BCUT2D eigenvalue weighted by atomic mass is 16.1. The van der Waals surface area contributed by atoms with Gasteiger partial charge in [-0.2, -0.15) is 5.10 Å². The number of rotatable bonds is 7. The van der Waals surface area contributed by atoms with Gasteiger partial charge in [-0.1, -0.05) is 18.2 Å². The second-order valence-electron chi connectivity index (χ2n) is 7.03. The molecule has 3 heterocycles. The van der Waals surface area contributed by atoms with E-state index in [-0.39, 0.29) is 18.4 Å². The maximum atomic E-state index is 12.3. The van der Waals surface area contributed by atoms with Crippen molar-refractivity contribution in [1.29, 1.82) is 0 Å². The Balaban J connectivity index is 1.43. The van der Waals surface area contributed by atoms with Crippen LogP contribution in [0.1, 0.15) is 31.0 Å². The van der Waals surface area contributed by atoms with E-state index in [1.807, 2.05) is 61.1 Å². The number of hydrogen-bond donors (Lipinski definition) is 2. The van der Waals surface area contributed by atoms with Gasteiger partial charge in [0, 0.05) is 24.6 Å². The molecule has 0 aliphatic carbocycles. The Bertz CT molecular complexity index is 1160. The highest BCUT2D eigenvalue weighted by Crippen LogP contribution is 2.22.